The van der Waals surface area contributed by atoms with Crippen molar-refractivity contribution in [3.05, 3.63) is 68.5 Å². The third-order valence-electron chi connectivity index (χ3n) is 3.39. The summed E-state index contributed by atoms with van der Waals surface area (Å²) < 4.78 is 1.01. The molecule has 3 nitrogen and oxygen atoms in total. The molecule has 0 atom stereocenters. The molecular weight excluding hydrogens is 372 g/mol. The van der Waals surface area contributed by atoms with Crippen molar-refractivity contribution in [1.82, 2.24) is 5.32 Å². The number of amides is 1. The monoisotopic (exact) mass is 386 g/mol. The topological polar surface area (TPSA) is 41.5 Å². The number of hydrogen-bond donors (Lipinski definition) is 1. The van der Waals surface area contributed by atoms with Crippen LogP contribution >= 0.6 is 27.7 Å². The van der Waals surface area contributed by atoms with Crippen LogP contribution in [0.4, 0.5) is 5.69 Å². The lowest BCUT2D eigenvalue weighted by molar-refractivity contribution is -0.115. The van der Waals surface area contributed by atoms with E-state index >= 15 is 0 Å². The van der Waals surface area contributed by atoms with Crippen molar-refractivity contribution < 1.29 is 4.79 Å². The molecule has 1 aliphatic heterocycles. The Balaban J connectivity index is 1.84. The largest absolute Gasteiger partial charge is 0.300 e. The molecule has 0 radical (unpaired) electrons. The van der Waals surface area contributed by atoms with Crippen molar-refractivity contribution in [2.45, 2.75) is 13.8 Å². The summed E-state index contributed by atoms with van der Waals surface area (Å²) in [4.78, 5) is 17.3. The number of halogens is 1. The van der Waals surface area contributed by atoms with E-state index in [-0.39, 0.29) is 5.91 Å². The minimum atomic E-state index is -0.110. The second kappa shape index (κ2) is 6.72. The van der Waals surface area contributed by atoms with Gasteiger partial charge >= 0.3 is 0 Å². The molecule has 0 saturated carbocycles. The summed E-state index contributed by atoms with van der Waals surface area (Å²) in [5, 5.41) is 3.44. The number of nitrogens with zero attached hydrogens (tertiary/aromatic N) is 1. The second-order valence-corrected chi connectivity index (χ2v) is 7.27. The van der Waals surface area contributed by atoms with E-state index in [0.29, 0.717) is 10.1 Å². The SMILES string of the molecule is Cc1ccc(N=C2NC(=O)C(=Cc3ccc(Br)cc3)S2)c(C)c1. The lowest BCUT2D eigenvalue weighted by Crippen LogP contribution is -2.19. The van der Waals surface area contributed by atoms with Crippen molar-refractivity contribution >= 4 is 50.5 Å². The van der Waals surface area contributed by atoms with Crippen LogP contribution in [0.3, 0.4) is 0 Å². The fourth-order valence-corrected chi connectivity index (χ4v) is 3.33. The average molecular weight is 387 g/mol. The predicted molar refractivity (Wildman–Crippen MR) is 101 cm³/mol. The van der Waals surface area contributed by atoms with Crippen LogP contribution in [0, 0.1) is 13.8 Å². The molecule has 1 heterocycles. The Morgan fingerprint density at radius 2 is 1.87 bits per heavy atom. The Kier molecular flexibility index (Phi) is 4.68. The zero-order chi connectivity index (χ0) is 16.4. The van der Waals surface area contributed by atoms with E-state index in [2.05, 4.69) is 39.2 Å². The molecule has 1 saturated heterocycles. The Morgan fingerprint density at radius 3 is 2.57 bits per heavy atom. The molecule has 1 aliphatic rings. The highest BCUT2D eigenvalue weighted by Crippen LogP contribution is 2.29. The summed E-state index contributed by atoms with van der Waals surface area (Å²) in [6.45, 7) is 4.07. The van der Waals surface area contributed by atoms with Crippen LogP contribution in [0.1, 0.15) is 16.7 Å². The van der Waals surface area contributed by atoms with E-state index in [1.165, 1.54) is 17.3 Å². The highest BCUT2D eigenvalue weighted by molar-refractivity contribution is 9.10. The zero-order valence-corrected chi connectivity index (χ0v) is 15.2. The van der Waals surface area contributed by atoms with Gasteiger partial charge in [0.05, 0.1) is 10.6 Å². The maximum atomic E-state index is 12.1. The molecule has 1 amide bonds. The third-order valence-corrected chi connectivity index (χ3v) is 4.83. The van der Waals surface area contributed by atoms with Crippen LogP contribution in [0.5, 0.6) is 0 Å². The molecule has 1 N–H and O–H groups in total. The Morgan fingerprint density at radius 1 is 1.13 bits per heavy atom. The molecule has 0 bridgehead atoms. The molecule has 23 heavy (non-hydrogen) atoms. The first kappa shape index (κ1) is 16.0. The number of aryl methyl sites for hydroxylation is 2. The van der Waals surface area contributed by atoms with Crippen LogP contribution in [-0.4, -0.2) is 11.1 Å². The van der Waals surface area contributed by atoms with Gasteiger partial charge in [0.25, 0.3) is 5.91 Å². The summed E-state index contributed by atoms with van der Waals surface area (Å²) in [6.07, 6.45) is 1.87. The summed E-state index contributed by atoms with van der Waals surface area (Å²) >= 11 is 4.77. The van der Waals surface area contributed by atoms with Crippen LogP contribution in [0.15, 0.2) is 56.8 Å². The lowest BCUT2D eigenvalue weighted by Gasteiger charge is -2.02. The number of carbonyl (C=O) groups excluding carboxylic acids is 1. The van der Waals surface area contributed by atoms with E-state index in [9.17, 15) is 4.79 Å². The van der Waals surface area contributed by atoms with Gasteiger partial charge in [-0.3, -0.25) is 4.79 Å². The Labute approximate surface area is 148 Å². The van der Waals surface area contributed by atoms with Gasteiger partial charge in [-0.2, -0.15) is 0 Å². The standard InChI is InChI=1S/C18H15BrN2OS/c1-11-3-8-15(12(2)9-11)20-18-21-17(22)16(23-18)10-13-4-6-14(19)7-5-13/h3-10H,1-2H3,(H,20,21,22). The number of thioether (sulfide) groups is 1. The van der Waals surface area contributed by atoms with E-state index < -0.39 is 0 Å². The first-order valence-electron chi connectivity index (χ1n) is 7.14. The second-order valence-electron chi connectivity index (χ2n) is 5.32. The maximum absolute atomic E-state index is 12.1. The van der Waals surface area contributed by atoms with Gasteiger partial charge in [-0.15, -0.1) is 0 Å². The summed E-state index contributed by atoms with van der Waals surface area (Å²) in [5.41, 5.74) is 4.16. The Hall–Kier alpha value is -1.85. The predicted octanol–water partition coefficient (Wildman–Crippen LogP) is 4.96. The van der Waals surface area contributed by atoms with Gasteiger partial charge in [0.2, 0.25) is 0 Å². The molecule has 116 valence electrons. The molecule has 5 heteroatoms. The average Bonchev–Trinajstić information content (AvgIpc) is 2.84. The fourth-order valence-electron chi connectivity index (χ4n) is 2.23. The number of amidine groups is 1. The molecule has 3 rings (SSSR count). The number of hydrogen-bond acceptors (Lipinski definition) is 3. The third kappa shape index (κ3) is 3.92. The van der Waals surface area contributed by atoms with Crippen LogP contribution in [-0.2, 0) is 4.79 Å². The van der Waals surface area contributed by atoms with Crippen LogP contribution < -0.4 is 5.32 Å². The minimum absolute atomic E-state index is 0.110. The van der Waals surface area contributed by atoms with Gasteiger partial charge in [0, 0.05) is 4.47 Å². The molecule has 0 unspecified atom stereocenters. The van der Waals surface area contributed by atoms with Crippen molar-refractivity contribution in [2.24, 2.45) is 4.99 Å². The summed E-state index contributed by atoms with van der Waals surface area (Å²) in [6, 6.07) is 13.9. The molecule has 0 spiro atoms. The van der Waals surface area contributed by atoms with Crippen molar-refractivity contribution in [2.75, 3.05) is 0 Å². The first-order chi connectivity index (χ1) is 11.0. The molecule has 2 aromatic rings. The molecule has 0 aliphatic carbocycles. The van der Waals surface area contributed by atoms with E-state index in [4.69, 9.17) is 0 Å². The number of carbonyl (C=O) groups is 1. The minimum Gasteiger partial charge on any atom is -0.300 e. The Bertz CT molecular complexity index is 825. The number of rotatable bonds is 2. The van der Waals surface area contributed by atoms with Gasteiger partial charge < -0.3 is 5.32 Å². The number of nitrogens with one attached hydrogen (secondary N) is 1. The van der Waals surface area contributed by atoms with Crippen LogP contribution in [0.2, 0.25) is 0 Å². The fraction of sp³-hybridized carbons (Fsp3) is 0.111. The van der Waals surface area contributed by atoms with Crippen molar-refractivity contribution in [1.29, 1.82) is 0 Å². The zero-order valence-electron chi connectivity index (χ0n) is 12.8. The van der Waals surface area contributed by atoms with Crippen LogP contribution in [0.25, 0.3) is 6.08 Å². The smallest absolute Gasteiger partial charge is 0.264 e. The normalized spacial score (nSPS) is 17.8. The number of aliphatic imine (C=N–C) groups is 1. The summed E-state index contributed by atoms with van der Waals surface area (Å²) in [5.74, 6) is -0.110. The lowest BCUT2D eigenvalue weighted by atomic mass is 10.1. The van der Waals surface area contributed by atoms with Crippen molar-refractivity contribution in [3.63, 3.8) is 0 Å². The highest BCUT2D eigenvalue weighted by Gasteiger charge is 2.23. The van der Waals surface area contributed by atoms with Gasteiger partial charge in [-0.1, -0.05) is 45.8 Å². The van der Waals surface area contributed by atoms with Gasteiger partial charge in [0.15, 0.2) is 5.17 Å². The van der Waals surface area contributed by atoms with E-state index in [1.54, 1.807) is 0 Å². The number of benzene rings is 2. The van der Waals surface area contributed by atoms with Gasteiger partial charge in [-0.05, 0) is 61.0 Å². The van der Waals surface area contributed by atoms with Crippen molar-refractivity contribution in [3.8, 4) is 0 Å². The first-order valence-corrected chi connectivity index (χ1v) is 8.74. The highest BCUT2D eigenvalue weighted by atomic mass is 79.9. The van der Waals surface area contributed by atoms with Gasteiger partial charge in [0.1, 0.15) is 0 Å². The summed E-state index contributed by atoms with van der Waals surface area (Å²) in [7, 11) is 0. The van der Waals surface area contributed by atoms with Gasteiger partial charge in [-0.25, -0.2) is 4.99 Å². The van der Waals surface area contributed by atoms with E-state index in [1.807, 2.05) is 49.4 Å². The molecule has 2 aromatic carbocycles. The molecule has 0 aromatic heterocycles. The molecule has 1 fully saturated rings. The quantitative estimate of drug-likeness (QED) is 0.741. The van der Waals surface area contributed by atoms with E-state index in [0.717, 1.165) is 21.3 Å². The maximum Gasteiger partial charge on any atom is 0.264 e. The molecular formula is C18H15BrN2OS.